The van der Waals surface area contributed by atoms with Gasteiger partial charge in [0.05, 0.1) is 18.6 Å². The second-order valence-corrected chi connectivity index (χ2v) is 4.70. The van der Waals surface area contributed by atoms with E-state index in [9.17, 15) is 9.59 Å². The van der Waals surface area contributed by atoms with Crippen molar-refractivity contribution in [2.75, 3.05) is 24.8 Å². The molecule has 1 aliphatic heterocycles. The third-order valence-corrected chi connectivity index (χ3v) is 3.24. The fourth-order valence-corrected chi connectivity index (χ4v) is 2.25. The normalized spacial score (nSPS) is 20.2. The van der Waals surface area contributed by atoms with Gasteiger partial charge in [0, 0.05) is 18.2 Å². The first-order valence-corrected chi connectivity index (χ1v) is 6.56. The number of esters is 1. The van der Waals surface area contributed by atoms with Crippen molar-refractivity contribution in [1.82, 2.24) is 10.6 Å². The monoisotopic (exact) mass is 282 g/mol. The van der Waals surface area contributed by atoms with Crippen LogP contribution in [0.25, 0.3) is 0 Å². The summed E-state index contributed by atoms with van der Waals surface area (Å²) in [6.07, 6.45) is 0. The molecule has 0 spiro atoms. The number of carbonyl (C=O) groups is 2. The predicted molar refractivity (Wildman–Crippen MR) is 70.3 cm³/mol. The van der Waals surface area contributed by atoms with Crippen LogP contribution < -0.4 is 10.6 Å². The Balaban J connectivity index is 0.00000256. The van der Waals surface area contributed by atoms with Gasteiger partial charge >= 0.3 is 5.97 Å². The molecule has 0 aliphatic carbocycles. The van der Waals surface area contributed by atoms with Crippen LogP contribution >= 0.6 is 24.2 Å². The zero-order valence-electron chi connectivity index (χ0n) is 10.0. The lowest BCUT2D eigenvalue weighted by Gasteiger charge is -2.14. The number of hydrogen-bond donors (Lipinski definition) is 2. The summed E-state index contributed by atoms with van der Waals surface area (Å²) in [6, 6.07) is -0.126. The van der Waals surface area contributed by atoms with Gasteiger partial charge in [-0.1, -0.05) is 6.92 Å². The minimum atomic E-state index is -0.294. The number of halogens is 1. The number of thioether (sulfide) groups is 1. The third kappa shape index (κ3) is 5.61. The molecule has 1 aliphatic rings. The van der Waals surface area contributed by atoms with Crippen molar-refractivity contribution in [1.29, 1.82) is 0 Å². The molecule has 0 aromatic heterocycles. The number of ether oxygens (including phenoxy) is 1. The summed E-state index contributed by atoms with van der Waals surface area (Å²) in [5.41, 5.74) is 0. The minimum Gasteiger partial charge on any atom is -0.466 e. The third-order valence-electron chi connectivity index (χ3n) is 2.30. The van der Waals surface area contributed by atoms with Crippen molar-refractivity contribution in [2.24, 2.45) is 5.92 Å². The molecule has 2 unspecified atom stereocenters. The van der Waals surface area contributed by atoms with Gasteiger partial charge in [-0.15, -0.1) is 24.2 Å². The van der Waals surface area contributed by atoms with E-state index in [2.05, 4.69) is 10.6 Å². The second kappa shape index (κ2) is 8.60. The average Bonchev–Trinajstić information content (AvgIpc) is 2.79. The molecule has 0 bridgehead atoms. The highest BCUT2D eigenvalue weighted by Crippen LogP contribution is 2.09. The molecule has 1 fully saturated rings. The molecule has 0 radical (unpaired) electrons. The van der Waals surface area contributed by atoms with E-state index in [4.69, 9.17) is 4.74 Å². The average molecular weight is 283 g/mol. The zero-order valence-corrected chi connectivity index (χ0v) is 11.7. The molecule has 100 valence electrons. The number of carbonyl (C=O) groups excluding carboxylic acids is 2. The first-order valence-electron chi connectivity index (χ1n) is 5.40. The largest absolute Gasteiger partial charge is 0.466 e. The summed E-state index contributed by atoms with van der Waals surface area (Å²) in [6.45, 7) is 4.22. The van der Waals surface area contributed by atoms with Gasteiger partial charge in [-0.05, 0) is 6.92 Å². The van der Waals surface area contributed by atoms with Crippen LogP contribution in [-0.2, 0) is 14.3 Å². The molecule has 17 heavy (non-hydrogen) atoms. The van der Waals surface area contributed by atoms with E-state index in [1.807, 2.05) is 0 Å². The van der Waals surface area contributed by atoms with E-state index >= 15 is 0 Å². The van der Waals surface area contributed by atoms with Gasteiger partial charge in [-0.3, -0.25) is 14.9 Å². The van der Waals surface area contributed by atoms with Crippen LogP contribution in [0.3, 0.4) is 0 Å². The van der Waals surface area contributed by atoms with Gasteiger partial charge in [0.1, 0.15) is 0 Å². The molecule has 0 saturated carbocycles. The van der Waals surface area contributed by atoms with Gasteiger partial charge < -0.3 is 10.1 Å². The topological polar surface area (TPSA) is 67.4 Å². The molecule has 5 nitrogen and oxygen atoms in total. The first kappa shape index (κ1) is 16.5. The van der Waals surface area contributed by atoms with E-state index in [0.717, 1.165) is 11.6 Å². The van der Waals surface area contributed by atoms with Crippen LogP contribution in [-0.4, -0.2) is 42.7 Å². The Kier molecular flexibility index (Phi) is 8.37. The van der Waals surface area contributed by atoms with Crippen molar-refractivity contribution in [3.63, 3.8) is 0 Å². The zero-order chi connectivity index (χ0) is 12.0. The summed E-state index contributed by atoms with van der Waals surface area (Å²) in [5, 5.41) is 5.82. The first-order chi connectivity index (χ1) is 7.65. The summed E-state index contributed by atoms with van der Waals surface area (Å²) in [4.78, 5) is 22.9. The lowest BCUT2D eigenvalue weighted by molar-refractivity contribution is -0.147. The number of rotatable bonds is 5. The highest BCUT2D eigenvalue weighted by atomic mass is 35.5. The molecule has 2 N–H and O–H groups in total. The van der Waals surface area contributed by atoms with Gasteiger partial charge in [0.15, 0.2) is 0 Å². The van der Waals surface area contributed by atoms with E-state index in [-0.39, 0.29) is 36.2 Å². The maximum Gasteiger partial charge on any atom is 0.310 e. The van der Waals surface area contributed by atoms with Crippen molar-refractivity contribution in [3.8, 4) is 0 Å². The van der Waals surface area contributed by atoms with Crippen LogP contribution in [0.5, 0.6) is 0 Å². The fraction of sp³-hybridized carbons (Fsp3) is 0.800. The van der Waals surface area contributed by atoms with Crippen LogP contribution in [0.4, 0.5) is 0 Å². The van der Waals surface area contributed by atoms with Crippen molar-refractivity contribution in [3.05, 3.63) is 0 Å². The summed E-state index contributed by atoms with van der Waals surface area (Å²) < 4.78 is 4.85. The van der Waals surface area contributed by atoms with E-state index in [0.29, 0.717) is 13.2 Å². The molecule has 0 aromatic carbocycles. The van der Waals surface area contributed by atoms with Gasteiger partial charge in [0.25, 0.3) is 0 Å². The molecule has 7 heteroatoms. The smallest absolute Gasteiger partial charge is 0.310 e. The van der Waals surface area contributed by atoms with Crippen molar-refractivity contribution in [2.45, 2.75) is 19.9 Å². The number of hydrogen-bond acceptors (Lipinski definition) is 5. The molecule has 1 heterocycles. The predicted octanol–water partition coefficient (Wildman–Crippen LogP) is 0.386. The summed E-state index contributed by atoms with van der Waals surface area (Å²) in [5.74, 6) is 1.00. The molecule has 1 rings (SSSR count). The van der Waals surface area contributed by atoms with E-state index in [1.165, 1.54) is 0 Å². The minimum absolute atomic E-state index is 0. The molecule has 0 aromatic rings. The number of amides is 1. The Morgan fingerprint density at radius 1 is 1.59 bits per heavy atom. The summed E-state index contributed by atoms with van der Waals surface area (Å²) >= 11 is 1.70. The highest BCUT2D eigenvalue weighted by Gasteiger charge is 2.23. The SMILES string of the molecule is CCOC(=O)C(C)CNC(=O)C1CSCN1.Cl. The Bertz CT molecular complexity index is 260. The Morgan fingerprint density at radius 3 is 2.82 bits per heavy atom. The quantitative estimate of drug-likeness (QED) is 0.714. The lowest BCUT2D eigenvalue weighted by atomic mass is 10.2. The number of nitrogens with one attached hydrogen (secondary N) is 2. The molecule has 1 saturated heterocycles. The van der Waals surface area contributed by atoms with Crippen LogP contribution in [0.15, 0.2) is 0 Å². The molecular formula is C10H19ClN2O3S. The Morgan fingerprint density at radius 2 is 2.29 bits per heavy atom. The maximum absolute atomic E-state index is 11.6. The highest BCUT2D eigenvalue weighted by molar-refractivity contribution is 7.99. The van der Waals surface area contributed by atoms with Crippen LogP contribution in [0.1, 0.15) is 13.8 Å². The second-order valence-electron chi connectivity index (χ2n) is 3.67. The molecule has 1 amide bonds. The van der Waals surface area contributed by atoms with E-state index in [1.54, 1.807) is 25.6 Å². The fourth-order valence-electron chi connectivity index (χ4n) is 1.31. The van der Waals surface area contributed by atoms with Crippen LogP contribution in [0, 0.1) is 5.92 Å². The standard InChI is InChI=1S/C10H18N2O3S.ClH/c1-3-15-10(14)7(2)4-11-9(13)8-5-16-6-12-8;/h7-8,12H,3-6H2,1-2H3,(H,11,13);1H. The van der Waals surface area contributed by atoms with Gasteiger partial charge in [-0.25, -0.2) is 0 Å². The van der Waals surface area contributed by atoms with Gasteiger partial charge in [0.2, 0.25) is 5.91 Å². The lowest BCUT2D eigenvalue weighted by Crippen LogP contribution is -2.44. The van der Waals surface area contributed by atoms with Gasteiger partial charge in [-0.2, -0.15) is 0 Å². The van der Waals surface area contributed by atoms with E-state index < -0.39 is 0 Å². The molecule has 2 atom stereocenters. The Labute approximate surface area is 112 Å². The van der Waals surface area contributed by atoms with Crippen LogP contribution in [0.2, 0.25) is 0 Å². The van der Waals surface area contributed by atoms with Crippen molar-refractivity contribution >= 4 is 36.0 Å². The Hall–Kier alpha value is -0.460. The van der Waals surface area contributed by atoms with Crippen molar-refractivity contribution < 1.29 is 14.3 Å². The molecular weight excluding hydrogens is 264 g/mol. The summed E-state index contributed by atoms with van der Waals surface area (Å²) in [7, 11) is 0. The maximum atomic E-state index is 11.6.